The molecule has 2 aromatic rings. The lowest BCUT2D eigenvalue weighted by Crippen LogP contribution is -2.34. The van der Waals surface area contributed by atoms with Crippen LogP contribution in [0, 0.1) is 0 Å². The third-order valence-corrected chi connectivity index (χ3v) is 3.22. The van der Waals surface area contributed by atoms with E-state index in [0.717, 1.165) is 0 Å². The SMILES string of the molecule is CC(C)(C)OC(=O)NCCC(O)C(O)c1cnc2ccccn12. The molecular weight excluding hydrogens is 298 g/mol. The van der Waals surface area contributed by atoms with Crippen LogP contribution in [0.5, 0.6) is 0 Å². The number of aliphatic hydroxyl groups excluding tert-OH is 2. The van der Waals surface area contributed by atoms with Gasteiger partial charge in [0.1, 0.15) is 17.4 Å². The van der Waals surface area contributed by atoms with Gasteiger partial charge in [0.25, 0.3) is 0 Å². The number of carbonyl (C=O) groups is 1. The summed E-state index contributed by atoms with van der Waals surface area (Å²) < 4.78 is 6.82. The van der Waals surface area contributed by atoms with Gasteiger partial charge >= 0.3 is 6.09 Å². The average molecular weight is 321 g/mol. The lowest BCUT2D eigenvalue weighted by Gasteiger charge is -2.21. The predicted molar refractivity (Wildman–Crippen MR) is 85.0 cm³/mol. The first-order valence-corrected chi connectivity index (χ1v) is 7.53. The minimum absolute atomic E-state index is 0.195. The molecule has 23 heavy (non-hydrogen) atoms. The van der Waals surface area contributed by atoms with E-state index in [2.05, 4.69) is 10.3 Å². The zero-order valence-corrected chi connectivity index (χ0v) is 13.6. The van der Waals surface area contributed by atoms with E-state index in [-0.39, 0.29) is 13.0 Å². The molecule has 2 heterocycles. The quantitative estimate of drug-likeness (QED) is 0.778. The number of alkyl carbamates (subject to hydrolysis) is 1. The maximum atomic E-state index is 11.5. The summed E-state index contributed by atoms with van der Waals surface area (Å²) >= 11 is 0. The molecule has 0 saturated carbocycles. The molecule has 126 valence electrons. The number of carbonyl (C=O) groups excluding carboxylic acids is 1. The lowest BCUT2D eigenvalue weighted by atomic mass is 10.1. The standard InChI is InChI=1S/C16H23N3O4/c1-16(2,3)23-15(22)17-8-7-12(20)14(21)11-10-18-13-6-4-5-9-19(11)13/h4-6,9-10,12,14,20-21H,7-8H2,1-3H3,(H,17,22). The molecule has 2 atom stereocenters. The predicted octanol–water partition coefficient (Wildman–Crippen LogP) is 1.64. The molecular formula is C16H23N3O4. The van der Waals surface area contributed by atoms with Crippen molar-refractivity contribution in [1.29, 1.82) is 0 Å². The fraction of sp³-hybridized carbons (Fsp3) is 0.500. The van der Waals surface area contributed by atoms with Crippen molar-refractivity contribution in [3.05, 3.63) is 36.3 Å². The number of aliphatic hydroxyl groups is 2. The Hall–Kier alpha value is -2.12. The van der Waals surface area contributed by atoms with Crippen LogP contribution < -0.4 is 5.32 Å². The van der Waals surface area contributed by atoms with Gasteiger partial charge < -0.3 is 24.7 Å². The van der Waals surface area contributed by atoms with Gasteiger partial charge in [-0.1, -0.05) is 6.07 Å². The van der Waals surface area contributed by atoms with E-state index in [4.69, 9.17) is 4.74 Å². The molecule has 0 aliphatic carbocycles. The molecule has 0 bridgehead atoms. The third-order valence-electron chi connectivity index (χ3n) is 3.22. The van der Waals surface area contributed by atoms with Crippen molar-refractivity contribution < 1.29 is 19.7 Å². The Morgan fingerprint density at radius 3 is 2.83 bits per heavy atom. The summed E-state index contributed by atoms with van der Waals surface area (Å²) in [4.78, 5) is 15.7. The number of amides is 1. The fourth-order valence-electron chi connectivity index (χ4n) is 2.16. The van der Waals surface area contributed by atoms with E-state index >= 15 is 0 Å². The summed E-state index contributed by atoms with van der Waals surface area (Å²) in [6.07, 6.45) is 0.837. The van der Waals surface area contributed by atoms with Crippen molar-refractivity contribution in [2.75, 3.05) is 6.54 Å². The Balaban J connectivity index is 1.88. The lowest BCUT2D eigenvalue weighted by molar-refractivity contribution is 0.00948. The highest BCUT2D eigenvalue weighted by molar-refractivity contribution is 5.67. The van der Waals surface area contributed by atoms with Crippen LogP contribution in [-0.2, 0) is 4.74 Å². The second kappa shape index (κ2) is 6.97. The first kappa shape index (κ1) is 17.2. The van der Waals surface area contributed by atoms with Crippen LogP contribution in [0.2, 0.25) is 0 Å². The maximum absolute atomic E-state index is 11.5. The van der Waals surface area contributed by atoms with E-state index in [1.54, 1.807) is 31.4 Å². The zero-order chi connectivity index (χ0) is 17.0. The van der Waals surface area contributed by atoms with Crippen molar-refractivity contribution in [2.45, 2.75) is 45.0 Å². The van der Waals surface area contributed by atoms with Crippen molar-refractivity contribution in [3.63, 3.8) is 0 Å². The number of ether oxygens (including phenoxy) is 1. The highest BCUT2D eigenvalue weighted by Gasteiger charge is 2.22. The van der Waals surface area contributed by atoms with Crippen molar-refractivity contribution >= 4 is 11.7 Å². The average Bonchev–Trinajstić information content (AvgIpc) is 2.88. The van der Waals surface area contributed by atoms with Gasteiger partial charge in [-0.3, -0.25) is 0 Å². The van der Waals surface area contributed by atoms with Gasteiger partial charge in [-0.15, -0.1) is 0 Å². The molecule has 0 aliphatic heterocycles. The molecule has 0 spiro atoms. The monoisotopic (exact) mass is 321 g/mol. The Morgan fingerprint density at radius 1 is 1.39 bits per heavy atom. The van der Waals surface area contributed by atoms with Crippen molar-refractivity contribution in [2.24, 2.45) is 0 Å². The zero-order valence-electron chi connectivity index (χ0n) is 13.6. The number of hydrogen-bond acceptors (Lipinski definition) is 5. The minimum atomic E-state index is -1.09. The van der Waals surface area contributed by atoms with Gasteiger partial charge in [-0.25, -0.2) is 9.78 Å². The van der Waals surface area contributed by atoms with E-state index < -0.39 is 23.9 Å². The topological polar surface area (TPSA) is 96.1 Å². The minimum Gasteiger partial charge on any atom is -0.444 e. The van der Waals surface area contributed by atoms with Crippen LogP contribution in [0.4, 0.5) is 4.79 Å². The number of pyridine rings is 1. The fourth-order valence-corrected chi connectivity index (χ4v) is 2.16. The summed E-state index contributed by atoms with van der Waals surface area (Å²) in [5, 5.41) is 22.9. The van der Waals surface area contributed by atoms with Crippen LogP contribution in [-0.4, -0.2) is 43.9 Å². The number of imidazole rings is 1. The molecule has 7 heteroatoms. The molecule has 0 fully saturated rings. The Kier molecular flexibility index (Phi) is 5.23. The molecule has 2 aromatic heterocycles. The second-order valence-electron chi connectivity index (χ2n) is 6.34. The van der Waals surface area contributed by atoms with Gasteiger partial charge in [0.05, 0.1) is 18.0 Å². The summed E-state index contributed by atoms with van der Waals surface area (Å²) in [6.45, 7) is 5.52. The first-order chi connectivity index (χ1) is 10.8. The summed E-state index contributed by atoms with van der Waals surface area (Å²) in [6, 6.07) is 5.48. The second-order valence-corrected chi connectivity index (χ2v) is 6.34. The number of aromatic nitrogens is 2. The van der Waals surface area contributed by atoms with Crippen LogP contribution >= 0.6 is 0 Å². The van der Waals surface area contributed by atoms with Gasteiger partial charge in [-0.05, 0) is 39.3 Å². The summed E-state index contributed by atoms with van der Waals surface area (Å²) in [5.74, 6) is 0. The number of nitrogens with one attached hydrogen (secondary N) is 1. The van der Waals surface area contributed by atoms with Gasteiger partial charge in [0, 0.05) is 12.7 Å². The summed E-state index contributed by atoms with van der Waals surface area (Å²) in [5.41, 5.74) is 0.629. The van der Waals surface area contributed by atoms with Crippen LogP contribution in [0.25, 0.3) is 5.65 Å². The molecule has 2 unspecified atom stereocenters. The Bertz CT molecular complexity index is 663. The molecule has 2 rings (SSSR count). The third kappa shape index (κ3) is 4.67. The van der Waals surface area contributed by atoms with Crippen molar-refractivity contribution in [1.82, 2.24) is 14.7 Å². The maximum Gasteiger partial charge on any atom is 0.407 e. The van der Waals surface area contributed by atoms with Gasteiger partial charge in [-0.2, -0.15) is 0 Å². The number of rotatable bonds is 5. The van der Waals surface area contributed by atoms with E-state index in [0.29, 0.717) is 11.3 Å². The number of fused-ring (bicyclic) bond motifs is 1. The summed E-state index contributed by atoms with van der Waals surface area (Å²) in [7, 11) is 0. The molecule has 0 saturated heterocycles. The van der Waals surface area contributed by atoms with Gasteiger partial charge in [0.15, 0.2) is 0 Å². The van der Waals surface area contributed by atoms with Crippen molar-refractivity contribution in [3.8, 4) is 0 Å². The highest BCUT2D eigenvalue weighted by Crippen LogP contribution is 2.20. The van der Waals surface area contributed by atoms with E-state index in [1.165, 1.54) is 6.20 Å². The van der Waals surface area contributed by atoms with Crippen LogP contribution in [0.15, 0.2) is 30.6 Å². The highest BCUT2D eigenvalue weighted by atomic mass is 16.6. The smallest absolute Gasteiger partial charge is 0.407 e. The van der Waals surface area contributed by atoms with E-state index in [1.807, 2.05) is 18.2 Å². The number of nitrogens with zero attached hydrogens (tertiary/aromatic N) is 2. The number of hydrogen-bond donors (Lipinski definition) is 3. The normalized spacial score (nSPS) is 14.5. The Morgan fingerprint density at radius 2 is 2.13 bits per heavy atom. The molecule has 7 nitrogen and oxygen atoms in total. The Labute approximate surface area is 134 Å². The van der Waals surface area contributed by atoms with Crippen LogP contribution in [0.3, 0.4) is 0 Å². The van der Waals surface area contributed by atoms with Gasteiger partial charge in [0.2, 0.25) is 0 Å². The molecule has 1 amide bonds. The first-order valence-electron chi connectivity index (χ1n) is 7.53. The molecule has 0 aromatic carbocycles. The largest absolute Gasteiger partial charge is 0.444 e. The van der Waals surface area contributed by atoms with Crippen LogP contribution in [0.1, 0.15) is 39.0 Å². The molecule has 0 aliphatic rings. The van der Waals surface area contributed by atoms with E-state index in [9.17, 15) is 15.0 Å². The molecule has 3 N–H and O–H groups in total. The molecule has 0 radical (unpaired) electrons.